The van der Waals surface area contributed by atoms with E-state index < -0.39 is 0 Å². The summed E-state index contributed by atoms with van der Waals surface area (Å²) in [4.78, 5) is 4.37. The molecule has 5 heteroatoms. The molecule has 0 saturated heterocycles. The van der Waals surface area contributed by atoms with Crippen molar-refractivity contribution in [3.8, 4) is 0 Å². The Hall–Kier alpha value is -1.07. The normalized spacial score (nSPS) is 16.5. The Balaban J connectivity index is 1.75. The minimum atomic E-state index is 0.584. The fourth-order valence-corrected chi connectivity index (χ4v) is 1.99. The maximum absolute atomic E-state index is 5.37. The number of nitrogens with two attached hydrogens (primary N) is 1. The van der Waals surface area contributed by atoms with Crippen molar-refractivity contribution in [2.24, 2.45) is 10.8 Å². The number of hydrogen-bond donors (Lipinski definition) is 3. The zero-order chi connectivity index (χ0) is 10.5. The van der Waals surface area contributed by atoms with Gasteiger partial charge in [0, 0.05) is 12.6 Å². The van der Waals surface area contributed by atoms with Gasteiger partial charge in [0.2, 0.25) is 5.96 Å². The smallest absolute Gasteiger partial charge is 0.205 e. The van der Waals surface area contributed by atoms with Gasteiger partial charge >= 0.3 is 0 Å². The third-order valence-corrected chi connectivity index (χ3v) is 3.04. The summed E-state index contributed by atoms with van der Waals surface area (Å²) >= 11 is 1.72. The summed E-state index contributed by atoms with van der Waals surface area (Å²) in [5.74, 6) is 6.08. The number of guanidine groups is 1. The molecule has 1 aliphatic carbocycles. The van der Waals surface area contributed by atoms with E-state index in [1.165, 1.54) is 18.4 Å². The van der Waals surface area contributed by atoms with Crippen molar-refractivity contribution in [3.05, 3.63) is 22.4 Å². The monoisotopic (exact) mass is 224 g/mol. The van der Waals surface area contributed by atoms with Crippen molar-refractivity contribution in [1.82, 2.24) is 10.7 Å². The van der Waals surface area contributed by atoms with Crippen LogP contribution >= 0.6 is 11.3 Å². The van der Waals surface area contributed by atoms with Gasteiger partial charge in [-0.3, -0.25) is 10.4 Å². The van der Waals surface area contributed by atoms with Crippen LogP contribution in [0.25, 0.3) is 0 Å². The molecule has 1 aromatic heterocycles. The van der Waals surface area contributed by atoms with E-state index in [0.717, 1.165) is 13.0 Å². The average Bonchev–Trinajstić information content (AvgIpc) is 2.91. The number of rotatable bonds is 4. The van der Waals surface area contributed by atoms with Crippen molar-refractivity contribution in [2.75, 3.05) is 6.54 Å². The Labute approximate surface area is 93.6 Å². The molecule has 0 radical (unpaired) electrons. The standard InChI is InChI=1S/C10H16N4S/c11-14-10(13-9-1-2-9)12-5-3-8-4-6-15-7-8/h4,6-7,9H,1-3,5,11H2,(H2,12,13,14). The van der Waals surface area contributed by atoms with Crippen molar-refractivity contribution in [3.63, 3.8) is 0 Å². The van der Waals surface area contributed by atoms with Gasteiger partial charge in [0.1, 0.15) is 0 Å². The lowest BCUT2D eigenvalue weighted by Crippen LogP contribution is -2.42. The van der Waals surface area contributed by atoms with E-state index in [1.807, 2.05) is 0 Å². The molecule has 82 valence electrons. The Bertz CT molecular complexity index is 316. The molecule has 0 aromatic carbocycles. The Morgan fingerprint density at radius 3 is 3.07 bits per heavy atom. The first kappa shape index (κ1) is 10.4. The number of nitrogens with zero attached hydrogens (tertiary/aromatic N) is 1. The highest BCUT2D eigenvalue weighted by Gasteiger charge is 2.21. The molecule has 0 atom stereocenters. The highest BCUT2D eigenvalue weighted by molar-refractivity contribution is 7.07. The van der Waals surface area contributed by atoms with Crippen LogP contribution in [0.1, 0.15) is 18.4 Å². The van der Waals surface area contributed by atoms with Crippen LogP contribution in [0.2, 0.25) is 0 Å². The molecule has 1 heterocycles. The molecule has 4 N–H and O–H groups in total. The molecule has 1 saturated carbocycles. The first-order valence-corrected chi connectivity index (χ1v) is 6.11. The minimum Gasteiger partial charge on any atom is -0.353 e. The second kappa shape index (κ2) is 5.14. The molecule has 0 unspecified atom stereocenters. The van der Waals surface area contributed by atoms with Gasteiger partial charge in [-0.2, -0.15) is 11.3 Å². The van der Waals surface area contributed by atoms with Gasteiger partial charge in [-0.1, -0.05) is 0 Å². The van der Waals surface area contributed by atoms with Crippen molar-refractivity contribution >= 4 is 17.3 Å². The largest absolute Gasteiger partial charge is 0.353 e. The summed E-state index contributed by atoms with van der Waals surface area (Å²) in [5.41, 5.74) is 3.93. The fraction of sp³-hybridized carbons (Fsp3) is 0.500. The lowest BCUT2D eigenvalue weighted by atomic mass is 10.2. The second-order valence-corrected chi connectivity index (χ2v) is 4.45. The third kappa shape index (κ3) is 3.53. The maximum atomic E-state index is 5.37. The second-order valence-electron chi connectivity index (χ2n) is 3.67. The van der Waals surface area contributed by atoms with Crippen LogP contribution in [-0.2, 0) is 6.42 Å². The molecular weight excluding hydrogens is 208 g/mol. The maximum Gasteiger partial charge on any atom is 0.205 e. The highest BCUT2D eigenvalue weighted by atomic mass is 32.1. The summed E-state index contributed by atoms with van der Waals surface area (Å²) in [6, 6.07) is 2.71. The van der Waals surface area contributed by atoms with Gasteiger partial charge in [-0.05, 0) is 41.7 Å². The zero-order valence-electron chi connectivity index (χ0n) is 8.57. The summed E-state index contributed by atoms with van der Waals surface area (Å²) in [6.07, 6.45) is 3.43. The molecular formula is C10H16N4S. The fourth-order valence-electron chi connectivity index (χ4n) is 1.29. The Morgan fingerprint density at radius 2 is 2.47 bits per heavy atom. The molecule has 15 heavy (non-hydrogen) atoms. The third-order valence-electron chi connectivity index (χ3n) is 2.31. The topological polar surface area (TPSA) is 62.4 Å². The zero-order valence-corrected chi connectivity index (χ0v) is 9.39. The summed E-state index contributed by atoms with van der Waals surface area (Å²) in [7, 11) is 0. The first-order chi connectivity index (χ1) is 7.38. The lowest BCUT2D eigenvalue weighted by molar-refractivity contribution is 0.816. The van der Waals surface area contributed by atoms with Crippen LogP contribution in [0.5, 0.6) is 0 Å². The number of thiophene rings is 1. The van der Waals surface area contributed by atoms with E-state index in [1.54, 1.807) is 11.3 Å². The van der Waals surface area contributed by atoms with Crippen molar-refractivity contribution in [2.45, 2.75) is 25.3 Å². The highest BCUT2D eigenvalue weighted by Crippen LogP contribution is 2.18. The van der Waals surface area contributed by atoms with E-state index in [9.17, 15) is 0 Å². The first-order valence-electron chi connectivity index (χ1n) is 5.17. The van der Waals surface area contributed by atoms with Gasteiger partial charge in [-0.15, -0.1) is 0 Å². The van der Waals surface area contributed by atoms with E-state index in [4.69, 9.17) is 5.84 Å². The molecule has 2 rings (SSSR count). The van der Waals surface area contributed by atoms with Gasteiger partial charge in [0.25, 0.3) is 0 Å². The van der Waals surface area contributed by atoms with Crippen LogP contribution in [-0.4, -0.2) is 18.5 Å². The predicted molar refractivity (Wildman–Crippen MR) is 63.8 cm³/mol. The quantitative estimate of drug-likeness (QED) is 0.308. The van der Waals surface area contributed by atoms with Crippen LogP contribution in [0.3, 0.4) is 0 Å². The molecule has 0 spiro atoms. The van der Waals surface area contributed by atoms with Gasteiger partial charge < -0.3 is 5.32 Å². The van der Waals surface area contributed by atoms with E-state index in [-0.39, 0.29) is 0 Å². The molecule has 1 fully saturated rings. The Kier molecular flexibility index (Phi) is 3.58. The number of aliphatic imine (C=N–C) groups is 1. The average molecular weight is 224 g/mol. The minimum absolute atomic E-state index is 0.584. The number of hydrazine groups is 1. The Morgan fingerprint density at radius 1 is 1.60 bits per heavy atom. The predicted octanol–water partition coefficient (Wildman–Crippen LogP) is 0.862. The molecule has 0 bridgehead atoms. The molecule has 1 aliphatic rings. The van der Waals surface area contributed by atoms with E-state index in [0.29, 0.717) is 12.0 Å². The molecule has 4 nitrogen and oxygen atoms in total. The summed E-state index contributed by atoms with van der Waals surface area (Å²) < 4.78 is 0. The lowest BCUT2D eigenvalue weighted by Gasteiger charge is -2.06. The van der Waals surface area contributed by atoms with Crippen molar-refractivity contribution in [1.29, 1.82) is 0 Å². The van der Waals surface area contributed by atoms with Gasteiger partial charge in [0.05, 0.1) is 0 Å². The number of hydrogen-bond acceptors (Lipinski definition) is 3. The van der Waals surface area contributed by atoms with Crippen LogP contribution in [0, 0.1) is 0 Å². The molecule has 1 aromatic rings. The molecule has 0 amide bonds. The summed E-state index contributed by atoms with van der Waals surface area (Å²) in [5, 5.41) is 7.48. The van der Waals surface area contributed by atoms with E-state index >= 15 is 0 Å². The summed E-state index contributed by atoms with van der Waals surface area (Å²) in [6.45, 7) is 0.774. The van der Waals surface area contributed by atoms with Crippen molar-refractivity contribution < 1.29 is 0 Å². The van der Waals surface area contributed by atoms with Gasteiger partial charge in [0.15, 0.2) is 0 Å². The van der Waals surface area contributed by atoms with Gasteiger partial charge in [-0.25, -0.2) is 5.84 Å². The molecule has 0 aliphatic heterocycles. The van der Waals surface area contributed by atoms with Crippen LogP contribution < -0.4 is 16.6 Å². The van der Waals surface area contributed by atoms with E-state index in [2.05, 4.69) is 32.6 Å². The van der Waals surface area contributed by atoms with Crippen LogP contribution in [0.4, 0.5) is 0 Å². The van der Waals surface area contributed by atoms with Crippen LogP contribution in [0.15, 0.2) is 21.8 Å². The number of nitrogens with one attached hydrogen (secondary N) is 2. The SMILES string of the molecule is NNC(=NCCc1ccsc1)NC1CC1.